The Bertz CT molecular complexity index is 924. The van der Waals surface area contributed by atoms with Crippen molar-refractivity contribution in [3.8, 4) is 0 Å². The average molecular weight is 338 g/mol. The Morgan fingerprint density at radius 1 is 1.36 bits per heavy atom. The Labute approximate surface area is 143 Å². The van der Waals surface area contributed by atoms with Gasteiger partial charge in [-0.15, -0.1) is 0 Å². The first-order valence-corrected chi connectivity index (χ1v) is 8.10. The molecule has 0 unspecified atom stereocenters. The van der Waals surface area contributed by atoms with E-state index < -0.39 is 0 Å². The van der Waals surface area contributed by atoms with Crippen molar-refractivity contribution in [3.63, 3.8) is 0 Å². The summed E-state index contributed by atoms with van der Waals surface area (Å²) in [7, 11) is 0. The van der Waals surface area contributed by atoms with Gasteiger partial charge in [0.05, 0.1) is 23.3 Å². The number of aromatic amines is 1. The van der Waals surface area contributed by atoms with Gasteiger partial charge in [0.25, 0.3) is 5.91 Å². The van der Waals surface area contributed by atoms with E-state index in [2.05, 4.69) is 20.6 Å². The van der Waals surface area contributed by atoms with Crippen LogP contribution in [0.5, 0.6) is 0 Å². The SMILES string of the molecule is Cc1cc(C(=O)N2CC(NC(=O)Cn3cccn3)C2)c2[nH]ncc2c1. The van der Waals surface area contributed by atoms with E-state index in [0.717, 1.165) is 16.5 Å². The molecule has 128 valence electrons. The monoisotopic (exact) mass is 338 g/mol. The summed E-state index contributed by atoms with van der Waals surface area (Å²) < 4.78 is 1.57. The van der Waals surface area contributed by atoms with Gasteiger partial charge in [-0.1, -0.05) is 0 Å². The summed E-state index contributed by atoms with van der Waals surface area (Å²) in [5, 5.41) is 14.8. The number of likely N-dealkylation sites (tertiary alicyclic amines) is 1. The third kappa shape index (κ3) is 2.98. The van der Waals surface area contributed by atoms with Gasteiger partial charge in [0.1, 0.15) is 6.54 Å². The van der Waals surface area contributed by atoms with Crippen LogP contribution in [0.25, 0.3) is 10.9 Å². The third-order valence-corrected chi connectivity index (χ3v) is 4.32. The van der Waals surface area contributed by atoms with Gasteiger partial charge in [-0.05, 0) is 30.7 Å². The van der Waals surface area contributed by atoms with Gasteiger partial charge < -0.3 is 10.2 Å². The Kier molecular flexibility index (Phi) is 3.72. The van der Waals surface area contributed by atoms with Gasteiger partial charge >= 0.3 is 0 Å². The molecule has 25 heavy (non-hydrogen) atoms. The maximum Gasteiger partial charge on any atom is 0.256 e. The highest BCUT2D eigenvalue weighted by Crippen LogP contribution is 2.22. The van der Waals surface area contributed by atoms with E-state index in [4.69, 9.17) is 0 Å². The molecule has 0 bridgehead atoms. The lowest BCUT2D eigenvalue weighted by atomic mass is 10.0. The highest BCUT2D eigenvalue weighted by atomic mass is 16.2. The number of hydrogen-bond acceptors (Lipinski definition) is 4. The molecule has 1 fully saturated rings. The fraction of sp³-hybridized carbons (Fsp3) is 0.294. The molecule has 0 aliphatic carbocycles. The van der Waals surface area contributed by atoms with Crippen molar-refractivity contribution in [2.45, 2.75) is 19.5 Å². The van der Waals surface area contributed by atoms with E-state index in [9.17, 15) is 9.59 Å². The van der Waals surface area contributed by atoms with Gasteiger partial charge in [0.15, 0.2) is 0 Å². The first-order chi connectivity index (χ1) is 12.1. The number of nitrogens with zero attached hydrogens (tertiary/aromatic N) is 4. The van der Waals surface area contributed by atoms with Crippen LogP contribution in [0.2, 0.25) is 0 Å². The Hall–Kier alpha value is -3.16. The smallest absolute Gasteiger partial charge is 0.256 e. The highest BCUT2D eigenvalue weighted by Gasteiger charge is 2.33. The first kappa shape index (κ1) is 15.4. The molecule has 3 heterocycles. The molecule has 8 heteroatoms. The summed E-state index contributed by atoms with van der Waals surface area (Å²) in [6.45, 7) is 3.15. The summed E-state index contributed by atoms with van der Waals surface area (Å²) >= 11 is 0. The van der Waals surface area contributed by atoms with Gasteiger partial charge in [-0.2, -0.15) is 10.2 Å². The van der Waals surface area contributed by atoms with E-state index in [0.29, 0.717) is 18.7 Å². The second-order valence-corrected chi connectivity index (χ2v) is 6.32. The van der Waals surface area contributed by atoms with Gasteiger partial charge in [-0.25, -0.2) is 0 Å². The zero-order valence-corrected chi connectivity index (χ0v) is 13.8. The van der Waals surface area contributed by atoms with Crippen molar-refractivity contribution in [2.75, 3.05) is 13.1 Å². The second-order valence-electron chi connectivity index (χ2n) is 6.32. The molecule has 3 aromatic rings. The van der Waals surface area contributed by atoms with Crippen LogP contribution in [0, 0.1) is 6.92 Å². The minimum absolute atomic E-state index is 0.0194. The van der Waals surface area contributed by atoms with Crippen LogP contribution in [0.1, 0.15) is 15.9 Å². The number of aromatic nitrogens is 4. The van der Waals surface area contributed by atoms with Crippen LogP contribution >= 0.6 is 0 Å². The van der Waals surface area contributed by atoms with E-state index in [1.165, 1.54) is 0 Å². The summed E-state index contributed by atoms with van der Waals surface area (Å²) in [5.41, 5.74) is 2.39. The number of nitrogens with one attached hydrogen (secondary N) is 2. The predicted molar refractivity (Wildman–Crippen MR) is 90.9 cm³/mol. The maximum absolute atomic E-state index is 12.7. The highest BCUT2D eigenvalue weighted by molar-refractivity contribution is 6.06. The van der Waals surface area contributed by atoms with Crippen LogP contribution < -0.4 is 5.32 Å². The quantitative estimate of drug-likeness (QED) is 0.732. The van der Waals surface area contributed by atoms with Gasteiger partial charge in [0.2, 0.25) is 5.91 Å². The number of amides is 2. The summed E-state index contributed by atoms with van der Waals surface area (Å²) in [5.74, 6) is -0.150. The van der Waals surface area contributed by atoms with Crippen molar-refractivity contribution < 1.29 is 9.59 Å². The zero-order chi connectivity index (χ0) is 17.4. The van der Waals surface area contributed by atoms with Crippen LogP contribution in [0.15, 0.2) is 36.8 Å². The predicted octanol–water partition coefficient (Wildman–Crippen LogP) is 0.709. The molecule has 1 aromatic carbocycles. The fourth-order valence-corrected chi connectivity index (χ4v) is 3.10. The van der Waals surface area contributed by atoms with Crippen LogP contribution in [0.3, 0.4) is 0 Å². The molecule has 0 atom stereocenters. The maximum atomic E-state index is 12.7. The molecule has 1 saturated heterocycles. The first-order valence-electron chi connectivity index (χ1n) is 8.10. The molecule has 1 aliphatic heterocycles. The van der Waals surface area contributed by atoms with E-state index >= 15 is 0 Å². The summed E-state index contributed by atoms with van der Waals surface area (Å²) in [4.78, 5) is 26.4. The molecular formula is C17H18N6O2. The normalized spacial score (nSPS) is 14.5. The lowest BCUT2D eigenvalue weighted by Gasteiger charge is -2.39. The van der Waals surface area contributed by atoms with Crippen molar-refractivity contribution in [3.05, 3.63) is 47.9 Å². The molecule has 2 N–H and O–H groups in total. The number of H-pyrrole nitrogens is 1. The molecule has 0 saturated carbocycles. The standard InChI is InChI=1S/C17H18N6O2/c1-11-5-12-7-18-21-16(12)14(6-11)17(25)22-8-13(9-22)20-15(24)10-23-4-2-3-19-23/h2-7,13H,8-10H2,1H3,(H,18,21)(H,20,24). The molecule has 8 nitrogen and oxygen atoms in total. The Morgan fingerprint density at radius 2 is 2.20 bits per heavy atom. The summed E-state index contributed by atoms with van der Waals surface area (Å²) in [6.07, 6.45) is 5.09. The average Bonchev–Trinajstić information content (AvgIpc) is 3.20. The molecule has 4 rings (SSSR count). The van der Waals surface area contributed by atoms with Crippen molar-refractivity contribution in [1.29, 1.82) is 0 Å². The van der Waals surface area contributed by atoms with Crippen LogP contribution in [-0.2, 0) is 11.3 Å². The Balaban J connectivity index is 1.37. The van der Waals surface area contributed by atoms with E-state index in [1.807, 2.05) is 19.1 Å². The molecule has 2 amide bonds. The van der Waals surface area contributed by atoms with Crippen molar-refractivity contribution in [2.24, 2.45) is 0 Å². The second kappa shape index (κ2) is 6.04. The molecule has 2 aromatic heterocycles. The topological polar surface area (TPSA) is 95.9 Å². The third-order valence-electron chi connectivity index (χ3n) is 4.32. The van der Waals surface area contributed by atoms with E-state index in [-0.39, 0.29) is 24.4 Å². The Morgan fingerprint density at radius 3 is 2.96 bits per heavy atom. The number of aryl methyl sites for hydroxylation is 1. The molecular weight excluding hydrogens is 320 g/mol. The van der Waals surface area contributed by atoms with Crippen molar-refractivity contribution in [1.82, 2.24) is 30.2 Å². The fourth-order valence-electron chi connectivity index (χ4n) is 3.10. The number of hydrogen-bond donors (Lipinski definition) is 2. The zero-order valence-electron chi connectivity index (χ0n) is 13.8. The van der Waals surface area contributed by atoms with Gasteiger partial charge in [0, 0.05) is 30.9 Å². The largest absolute Gasteiger partial charge is 0.348 e. The lowest BCUT2D eigenvalue weighted by Crippen LogP contribution is -2.61. The lowest BCUT2D eigenvalue weighted by molar-refractivity contribution is -0.123. The summed E-state index contributed by atoms with van der Waals surface area (Å²) in [6, 6.07) is 5.61. The minimum atomic E-state index is -0.104. The molecule has 0 spiro atoms. The number of benzene rings is 1. The number of carbonyl (C=O) groups excluding carboxylic acids is 2. The van der Waals surface area contributed by atoms with Crippen LogP contribution in [-0.4, -0.2) is 55.8 Å². The van der Waals surface area contributed by atoms with Crippen molar-refractivity contribution >= 4 is 22.7 Å². The number of rotatable bonds is 4. The molecule has 0 radical (unpaired) electrons. The van der Waals surface area contributed by atoms with Gasteiger partial charge in [-0.3, -0.25) is 19.4 Å². The van der Waals surface area contributed by atoms with Crippen LogP contribution in [0.4, 0.5) is 0 Å². The molecule has 1 aliphatic rings. The number of fused-ring (bicyclic) bond motifs is 1. The van der Waals surface area contributed by atoms with E-state index in [1.54, 1.807) is 34.2 Å². The number of carbonyl (C=O) groups is 2. The minimum Gasteiger partial charge on any atom is -0.348 e.